The number of nitrogen functional groups attached to an aromatic ring is 1. The summed E-state index contributed by atoms with van der Waals surface area (Å²) in [4.78, 5) is 4.37. The van der Waals surface area contributed by atoms with E-state index in [2.05, 4.69) is 17.2 Å². The first-order valence-corrected chi connectivity index (χ1v) is 6.12. The maximum atomic E-state index is 5.70. The number of aromatic nitrogens is 1. The van der Waals surface area contributed by atoms with Gasteiger partial charge in [0.25, 0.3) is 6.01 Å². The van der Waals surface area contributed by atoms with Crippen LogP contribution in [0.2, 0.25) is 0 Å². The maximum Gasteiger partial charge on any atom is 0.295 e. The minimum atomic E-state index is 0.595. The highest BCUT2D eigenvalue weighted by Gasteiger charge is 2.27. The van der Waals surface area contributed by atoms with Crippen molar-refractivity contribution in [3.8, 4) is 0 Å². The van der Waals surface area contributed by atoms with Crippen LogP contribution in [0, 0.1) is 11.8 Å². The Morgan fingerprint density at radius 2 is 2.35 bits per heavy atom. The predicted octanol–water partition coefficient (Wildman–Crippen LogP) is 2.87. The van der Waals surface area contributed by atoms with Crippen molar-refractivity contribution in [3.05, 3.63) is 18.2 Å². The molecule has 1 aliphatic rings. The Bertz CT molecular complexity index is 530. The quantitative estimate of drug-likeness (QED) is 0.794. The predicted molar refractivity (Wildman–Crippen MR) is 68.8 cm³/mol. The van der Waals surface area contributed by atoms with Gasteiger partial charge in [-0.05, 0) is 36.8 Å². The van der Waals surface area contributed by atoms with E-state index in [0.717, 1.165) is 23.6 Å². The van der Waals surface area contributed by atoms with Crippen LogP contribution in [-0.2, 0) is 0 Å². The zero-order chi connectivity index (χ0) is 11.8. The fourth-order valence-corrected chi connectivity index (χ4v) is 2.10. The first-order valence-electron chi connectivity index (χ1n) is 6.12. The second-order valence-electron chi connectivity index (χ2n) is 4.94. The molecule has 90 valence electrons. The van der Waals surface area contributed by atoms with Gasteiger partial charge >= 0.3 is 0 Å². The van der Waals surface area contributed by atoms with Gasteiger partial charge in [0.2, 0.25) is 0 Å². The molecule has 0 spiro atoms. The minimum absolute atomic E-state index is 0.595. The van der Waals surface area contributed by atoms with Crippen molar-refractivity contribution in [2.45, 2.75) is 19.8 Å². The van der Waals surface area contributed by atoms with Gasteiger partial charge in [-0.25, -0.2) is 0 Å². The number of nitrogens with two attached hydrogens (primary N) is 1. The number of nitrogens with one attached hydrogen (secondary N) is 1. The SMILES string of the molecule is CC(CNc1nc2ccc(N)cc2o1)C1CC1. The van der Waals surface area contributed by atoms with E-state index in [4.69, 9.17) is 10.2 Å². The lowest BCUT2D eigenvalue weighted by Crippen LogP contribution is -2.12. The molecule has 1 atom stereocenters. The minimum Gasteiger partial charge on any atom is -0.423 e. The lowest BCUT2D eigenvalue weighted by atomic mass is 10.1. The van der Waals surface area contributed by atoms with Crippen molar-refractivity contribution in [2.24, 2.45) is 11.8 Å². The molecular weight excluding hydrogens is 214 g/mol. The van der Waals surface area contributed by atoms with E-state index in [1.54, 1.807) is 6.07 Å². The summed E-state index contributed by atoms with van der Waals surface area (Å²) in [5, 5.41) is 3.26. The standard InChI is InChI=1S/C13H17N3O/c1-8(9-2-3-9)7-15-13-16-11-5-4-10(14)6-12(11)17-13/h4-6,8-9H,2-3,7,14H2,1H3,(H,15,16). The zero-order valence-electron chi connectivity index (χ0n) is 9.94. The van der Waals surface area contributed by atoms with Gasteiger partial charge < -0.3 is 15.5 Å². The third-order valence-electron chi connectivity index (χ3n) is 3.41. The van der Waals surface area contributed by atoms with Gasteiger partial charge in [-0.3, -0.25) is 0 Å². The lowest BCUT2D eigenvalue weighted by molar-refractivity contribution is 0.522. The van der Waals surface area contributed by atoms with Crippen LogP contribution in [0.5, 0.6) is 0 Å². The molecule has 3 N–H and O–H groups in total. The Morgan fingerprint density at radius 1 is 1.53 bits per heavy atom. The Morgan fingerprint density at radius 3 is 3.12 bits per heavy atom. The fraction of sp³-hybridized carbons (Fsp3) is 0.462. The molecule has 4 nitrogen and oxygen atoms in total. The molecule has 1 heterocycles. The highest BCUT2D eigenvalue weighted by Crippen LogP contribution is 2.36. The van der Waals surface area contributed by atoms with E-state index >= 15 is 0 Å². The third kappa shape index (κ3) is 2.20. The van der Waals surface area contributed by atoms with E-state index in [-0.39, 0.29) is 0 Å². The molecule has 0 radical (unpaired) electrons. The van der Waals surface area contributed by atoms with Gasteiger partial charge in [0.15, 0.2) is 5.58 Å². The summed E-state index contributed by atoms with van der Waals surface area (Å²) in [6, 6.07) is 6.11. The summed E-state index contributed by atoms with van der Waals surface area (Å²) in [6.07, 6.45) is 2.74. The molecule has 1 unspecified atom stereocenters. The first kappa shape index (κ1) is 10.4. The first-order chi connectivity index (χ1) is 8.22. The van der Waals surface area contributed by atoms with Crippen LogP contribution in [0.3, 0.4) is 0 Å². The van der Waals surface area contributed by atoms with Crippen molar-refractivity contribution in [1.29, 1.82) is 0 Å². The third-order valence-corrected chi connectivity index (χ3v) is 3.41. The van der Waals surface area contributed by atoms with Crippen LogP contribution in [0.4, 0.5) is 11.7 Å². The van der Waals surface area contributed by atoms with Gasteiger partial charge in [-0.15, -0.1) is 0 Å². The van der Waals surface area contributed by atoms with Crippen LogP contribution in [0.15, 0.2) is 22.6 Å². The summed E-state index contributed by atoms with van der Waals surface area (Å²) in [7, 11) is 0. The highest BCUT2D eigenvalue weighted by molar-refractivity contribution is 5.78. The summed E-state index contributed by atoms with van der Waals surface area (Å²) < 4.78 is 5.60. The van der Waals surface area contributed by atoms with Crippen LogP contribution in [0.1, 0.15) is 19.8 Å². The second-order valence-corrected chi connectivity index (χ2v) is 4.94. The number of hydrogen-bond donors (Lipinski definition) is 2. The molecule has 0 aliphatic heterocycles. The van der Waals surface area contributed by atoms with Gasteiger partial charge in [0.05, 0.1) is 0 Å². The Hall–Kier alpha value is -1.71. The number of nitrogens with zero attached hydrogens (tertiary/aromatic N) is 1. The van der Waals surface area contributed by atoms with E-state index < -0.39 is 0 Å². The average molecular weight is 231 g/mol. The van der Waals surface area contributed by atoms with Crippen molar-refractivity contribution in [3.63, 3.8) is 0 Å². The molecule has 1 saturated carbocycles. The smallest absolute Gasteiger partial charge is 0.295 e. The van der Waals surface area contributed by atoms with Crippen LogP contribution < -0.4 is 11.1 Å². The van der Waals surface area contributed by atoms with Gasteiger partial charge in [-0.1, -0.05) is 6.92 Å². The molecule has 3 rings (SSSR count). The van der Waals surface area contributed by atoms with Crippen molar-refractivity contribution >= 4 is 22.8 Å². The van der Waals surface area contributed by atoms with Crippen molar-refractivity contribution < 1.29 is 4.42 Å². The second kappa shape index (κ2) is 3.95. The topological polar surface area (TPSA) is 64.1 Å². The molecule has 1 aliphatic carbocycles. The van der Waals surface area contributed by atoms with Crippen LogP contribution >= 0.6 is 0 Å². The molecule has 2 aromatic rings. The molecule has 0 saturated heterocycles. The van der Waals surface area contributed by atoms with E-state index in [0.29, 0.717) is 17.6 Å². The lowest BCUT2D eigenvalue weighted by Gasteiger charge is -2.08. The van der Waals surface area contributed by atoms with Gasteiger partial charge in [0, 0.05) is 18.3 Å². The zero-order valence-corrected chi connectivity index (χ0v) is 9.94. The van der Waals surface area contributed by atoms with Gasteiger partial charge in [0.1, 0.15) is 5.52 Å². The molecular formula is C13H17N3O. The Kier molecular flexibility index (Phi) is 2.42. The number of anilines is 2. The molecule has 1 fully saturated rings. The molecule has 4 heteroatoms. The summed E-state index contributed by atoms with van der Waals surface area (Å²) in [5.41, 5.74) is 7.99. The van der Waals surface area contributed by atoms with Crippen LogP contribution in [-0.4, -0.2) is 11.5 Å². The molecule has 0 bridgehead atoms. The van der Waals surface area contributed by atoms with E-state index in [1.165, 1.54) is 12.8 Å². The number of fused-ring (bicyclic) bond motifs is 1. The van der Waals surface area contributed by atoms with E-state index in [1.807, 2.05) is 12.1 Å². The molecule has 1 aromatic heterocycles. The Balaban J connectivity index is 1.72. The van der Waals surface area contributed by atoms with Gasteiger partial charge in [-0.2, -0.15) is 4.98 Å². The summed E-state index contributed by atoms with van der Waals surface area (Å²) in [5.74, 6) is 1.58. The number of hydrogen-bond acceptors (Lipinski definition) is 4. The highest BCUT2D eigenvalue weighted by atomic mass is 16.4. The largest absolute Gasteiger partial charge is 0.423 e. The van der Waals surface area contributed by atoms with Crippen molar-refractivity contribution in [1.82, 2.24) is 4.98 Å². The maximum absolute atomic E-state index is 5.70. The number of rotatable bonds is 4. The van der Waals surface area contributed by atoms with E-state index in [9.17, 15) is 0 Å². The normalized spacial score (nSPS) is 17.2. The fourth-order valence-electron chi connectivity index (χ4n) is 2.10. The molecule has 1 aromatic carbocycles. The monoisotopic (exact) mass is 231 g/mol. The molecule has 0 amide bonds. The van der Waals surface area contributed by atoms with Crippen molar-refractivity contribution in [2.75, 3.05) is 17.6 Å². The summed E-state index contributed by atoms with van der Waals surface area (Å²) in [6.45, 7) is 3.19. The number of oxazole rings is 1. The molecule has 17 heavy (non-hydrogen) atoms. The van der Waals surface area contributed by atoms with Crippen LogP contribution in [0.25, 0.3) is 11.1 Å². The average Bonchev–Trinajstić information content (AvgIpc) is 3.07. The number of benzene rings is 1. The summed E-state index contributed by atoms with van der Waals surface area (Å²) >= 11 is 0. The Labute approximate surface area is 100 Å².